The van der Waals surface area contributed by atoms with Crippen molar-refractivity contribution >= 4 is 0 Å². The largest absolute Gasteiger partial charge is 0.355 e. The Bertz CT molecular complexity index is 309. The van der Waals surface area contributed by atoms with Gasteiger partial charge in [0.1, 0.15) is 6.79 Å². The van der Waals surface area contributed by atoms with Gasteiger partial charge in [0.15, 0.2) is 0 Å². The molecule has 160 valence electrons. The summed E-state index contributed by atoms with van der Waals surface area (Å²) in [6, 6.07) is 0. The minimum atomic E-state index is 0.479. The van der Waals surface area contributed by atoms with Crippen LogP contribution < -0.4 is 0 Å². The van der Waals surface area contributed by atoms with Gasteiger partial charge in [-0.2, -0.15) is 0 Å². The lowest BCUT2D eigenvalue weighted by molar-refractivity contribution is -0.0555. The van der Waals surface area contributed by atoms with Crippen LogP contribution in [0, 0.1) is 0 Å². The maximum Gasteiger partial charge on any atom is 0.146 e. The first-order valence-electron chi connectivity index (χ1n) is 11.9. The Morgan fingerprint density at radius 1 is 0.481 bits per heavy atom. The zero-order chi connectivity index (χ0) is 19.7. The van der Waals surface area contributed by atoms with Gasteiger partial charge in [-0.1, -0.05) is 95.9 Å². The van der Waals surface area contributed by atoms with E-state index in [0.29, 0.717) is 6.79 Å². The average molecular weight is 381 g/mol. The number of rotatable bonds is 22. The lowest BCUT2D eigenvalue weighted by Crippen LogP contribution is -2.03. The lowest BCUT2D eigenvalue weighted by Gasteiger charge is -2.05. The Hall–Kier alpha value is -0.600. The van der Waals surface area contributed by atoms with Gasteiger partial charge >= 0.3 is 0 Å². The highest BCUT2D eigenvalue weighted by molar-refractivity contribution is 4.92. The first-order valence-corrected chi connectivity index (χ1v) is 11.9. The van der Waals surface area contributed by atoms with Gasteiger partial charge in [0.2, 0.25) is 0 Å². The number of ether oxygens (including phenoxy) is 2. The van der Waals surface area contributed by atoms with Crippen molar-refractivity contribution in [3.05, 3.63) is 24.3 Å². The molecule has 0 N–H and O–H groups in total. The summed E-state index contributed by atoms with van der Waals surface area (Å²) in [5.74, 6) is 0. The van der Waals surface area contributed by atoms with Gasteiger partial charge in [0, 0.05) is 13.2 Å². The van der Waals surface area contributed by atoms with E-state index in [1.165, 1.54) is 96.3 Å². The van der Waals surface area contributed by atoms with Crippen molar-refractivity contribution in [2.75, 3.05) is 20.0 Å². The first kappa shape index (κ1) is 26.4. The van der Waals surface area contributed by atoms with Crippen molar-refractivity contribution in [2.45, 2.75) is 117 Å². The standard InChI is InChI=1S/C25H48O2/c1-3-5-7-9-10-11-12-13-14-15-16-17-18-19-20-22-24-27-25-26-23-21-8-6-4-2/h10-11,13-14H,3-9,12,15-25H2,1-2H3/b11-10-,14-13-. The molecule has 0 bridgehead atoms. The molecule has 0 spiro atoms. The molecule has 0 aromatic heterocycles. The Kier molecular flexibility index (Phi) is 24.8. The molecule has 0 radical (unpaired) electrons. The van der Waals surface area contributed by atoms with Crippen molar-refractivity contribution in [3.63, 3.8) is 0 Å². The highest BCUT2D eigenvalue weighted by Gasteiger charge is 1.93. The number of hydrogen-bond donors (Lipinski definition) is 0. The van der Waals surface area contributed by atoms with E-state index in [1.54, 1.807) is 0 Å². The molecule has 0 aromatic rings. The molecule has 0 rings (SSSR count). The summed E-state index contributed by atoms with van der Waals surface area (Å²) >= 11 is 0. The molecule has 0 aliphatic carbocycles. The molecule has 0 heterocycles. The van der Waals surface area contributed by atoms with Gasteiger partial charge in [-0.3, -0.25) is 0 Å². The molecule has 0 aliphatic rings. The van der Waals surface area contributed by atoms with Crippen molar-refractivity contribution < 1.29 is 9.47 Å². The molecule has 0 unspecified atom stereocenters. The Labute approximate surface area is 170 Å². The minimum Gasteiger partial charge on any atom is -0.355 e. The maximum atomic E-state index is 5.52. The SMILES string of the molecule is CCCCC/C=C\C/C=C\CCCCCCCCOCOCCCCCC. The van der Waals surface area contributed by atoms with Crippen molar-refractivity contribution in [1.29, 1.82) is 0 Å². The molecule has 0 atom stereocenters. The zero-order valence-electron chi connectivity index (χ0n) is 18.6. The smallest absolute Gasteiger partial charge is 0.146 e. The quantitative estimate of drug-likeness (QED) is 0.107. The second-order valence-corrected chi connectivity index (χ2v) is 7.58. The molecular weight excluding hydrogens is 332 g/mol. The van der Waals surface area contributed by atoms with E-state index in [4.69, 9.17) is 9.47 Å². The summed E-state index contributed by atoms with van der Waals surface area (Å²) in [7, 11) is 0. The molecule has 0 aromatic carbocycles. The van der Waals surface area contributed by atoms with Crippen LogP contribution in [0.5, 0.6) is 0 Å². The van der Waals surface area contributed by atoms with Crippen LogP contribution in [-0.2, 0) is 9.47 Å². The van der Waals surface area contributed by atoms with Crippen LogP contribution in [0.15, 0.2) is 24.3 Å². The van der Waals surface area contributed by atoms with E-state index in [0.717, 1.165) is 19.6 Å². The van der Waals surface area contributed by atoms with E-state index < -0.39 is 0 Å². The van der Waals surface area contributed by atoms with Crippen LogP contribution in [0.2, 0.25) is 0 Å². The average Bonchev–Trinajstić information content (AvgIpc) is 2.68. The lowest BCUT2D eigenvalue weighted by atomic mass is 10.1. The Balaban J connectivity index is 3.09. The molecular formula is C25H48O2. The van der Waals surface area contributed by atoms with Crippen molar-refractivity contribution in [3.8, 4) is 0 Å². The molecule has 2 nitrogen and oxygen atoms in total. The first-order chi connectivity index (χ1) is 13.4. The van der Waals surface area contributed by atoms with Gasteiger partial charge in [0.05, 0.1) is 0 Å². The second-order valence-electron chi connectivity index (χ2n) is 7.58. The van der Waals surface area contributed by atoms with Gasteiger partial charge in [0.25, 0.3) is 0 Å². The maximum absolute atomic E-state index is 5.52. The summed E-state index contributed by atoms with van der Waals surface area (Å²) in [5.41, 5.74) is 0. The summed E-state index contributed by atoms with van der Waals surface area (Å²) in [6.07, 6.45) is 29.8. The monoisotopic (exact) mass is 380 g/mol. The molecule has 27 heavy (non-hydrogen) atoms. The fourth-order valence-corrected chi connectivity index (χ4v) is 3.00. The zero-order valence-corrected chi connectivity index (χ0v) is 18.6. The molecule has 2 heteroatoms. The van der Waals surface area contributed by atoms with Crippen LogP contribution in [0.1, 0.15) is 117 Å². The van der Waals surface area contributed by atoms with Crippen LogP contribution in [0.3, 0.4) is 0 Å². The molecule has 0 saturated carbocycles. The van der Waals surface area contributed by atoms with E-state index in [9.17, 15) is 0 Å². The third-order valence-electron chi connectivity index (χ3n) is 4.80. The highest BCUT2D eigenvalue weighted by atomic mass is 16.7. The third kappa shape index (κ3) is 25.4. The normalized spacial score (nSPS) is 11.9. The number of allylic oxidation sites excluding steroid dienone is 4. The third-order valence-corrected chi connectivity index (χ3v) is 4.80. The summed E-state index contributed by atoms with van der Waals surface area (Å²) < 4.78 is 11.0. The van der Waals surface area contributed by atoms with E-state index in [1.807, 2.05) is 0 Å². The fraction of sp³-hybridized carbons (Fsp3) is 0.840. The topological polar surface area (TPSA) is 18.5 Å². The Morgan fingerprint density at radius 3 is 1.52 bits per heavy atom. The van der Waals surface area contributed by atoms with Crippen LogP contribution in [-0.4, -0.2) is 20.0 Å². The van der Waals surface area contributed by atoms with Gasteiger partial charge in [-0.25, -0.2) is 0 Å². The number of hydrogen-bond acceptors (Lipinski definition) is 2. The minimum absolute atomic E-state index is 0.479. The Morgan fingerprint density at radius 2 is 0.926 bits per heavy atom. The second kappa shape index (κ2) is 25.4. The van der Waals surface area contributed by atoms with Crippen LogP contribution in [0.25, 0.3) is 0 Å². The highest BCUT2D eigenvalue weighted by Crippen LogP contribution is 2.08. The van der Waals surface area contributed by atoms with Crippen molar-refractivity contribution in [1.82, 2.24) is 0 Å². The predicted octanol–water partition coefficient (Wildman–Crippen LogP) is 8.37. The molecule has 0 amide bonds. The number of unbranched alkanes of at least 4 members (excludes halogenated alkanes) is 12. The summed E-state index contributed by atoms with van der Waals surface area (Å²) in [5, 5.41) is 0. The van der Waals surface area contributed by atoms with Crippen molar-refractivity contribution in [2.24, 2.45) is 0 Å². The fourth-order valence-electron chi connectivity index (χ4n) is 3.00. The van der Waals surface area contributed by atoms with Gasteiger partial charge < -0.3 is 9.47 Å². The van der Waals surface area contributed by atoms with E-state index in [2.05, 4.69) is 38.2 Å². The van der Waals surface area contributed by atoms with Crippen LogP contribution in [0.4, 0.5) is 0 Å². The van der Waals surface area contributed by atoms with Gasteiger partial charge in [-0.05, 0) is 44.9 Å². The van der Waals surface area contributed by atoms with Gasteiger partial charge in [-0.15, -0.1) is 0 Å². The molecule has 0 fully saturated rings. The molecule has 0 aliphatic heterocycles. The summed E-state index contributed by atoms with van der Waals surface area (Å²) in [4.78, 5) is 0. The molecule has 0 saturated heterocycles. The van der Waals surface area contributed by atoms with Crippen LogP contribution >= 0.6 is 0 Å². The van der Waals surface area contributed by atoms with E-state index in [-0.39, 0.29) is 0 Å². The predicted molar refractivity (Wildman–Crippen MR) is 120 cm³/mol. The van der Waals surface area contributed by atoms with E-state index >= 15 is 0 Å². The summed E-state index contributed by atoms with van der Waals surface area (Å²) in [6.45, 7) is 6.67.